The van der Waals surface area contributed by atoms with Crippen molar-refractivity contribution in [3.8, 4) is 0 Å². The first-order chi connectivity index (χ1) is 8.19. The van der Waals surface area contributed by atoms with Gasteiger partial charge in [-0.25, -0.2) is 0 Å². The predicted octanol–water partition coefficient (Wildman–Crippen LogP) is 0.398. The van der Waals surface area contributed by atoms with Crippen molar-refractivity contribution in [1.82, 2.24) is 10.2 Å². The summed E-state index contributed by atoms with van der Waals surface area (Å²) in [5.74, 6) is -0.0482. The molecule has 1 N–H and O–H groups in total. The second-order valence-electron chi connectivity index (χ2n) is 4.35. The molecule has 17 heavy (non-hydrogen) atoms. The lowest BCUT2D eigenvalue weighted by Gasteiger charge is -2.31. The first kappa shape index (κ1) is 14.0. The van der Waals surface area contributed by atoms with Gasteiger partial charge in [-0.1, -0.05) is 6.92 Å². The molecular formula is C12H22N2O3. The number of ether oxygens (including phenoxy) is 1. The molecule has 1 atom stereocenters. The maximum Gasteiger partial charge on any atom is 0.248 e. The standard InChI is InChI=1S/C12H22N2O3/c1-3-7-17-9-11(15)14-6-4-5-10(8-14)12(16)13-2/h10H,3-9H2,1-2H3,(H,13,16). The third-order valence-corrected chi connectivity index (χ3v) is 2.97. The van der Waals surface area contributed by atoms with E-state index in [1.54, 1.807) is 11.9 Å². The Morgan fingerprint density at radius 3 is 2.88 bits per heavy atom. The number of hydrogen-bond acceptors (Lipinski definition) is 3. The van der Waals surface area contributed by atoms with E-state index in [0.29, 0.717) is 13.2 Å². The van der Waals surface area contributed by atoms with Crippen LogP contribution in [0.25, 0.3) is 0 Å². The van der Waals surface area contributed by atoms with Gasteiger partial charge in [0.2, 0.25) is 11.8 Å². The Morgan fingerprint density at radius 1 is 1.47 bits per heavy atom. The molecule has 1 aliphatic rings. The van der Waals surface area contributed by atoms with Crippen LogP contribution in [0.2, 0.25) is 0 Å². The fraction of sp³-hybridized carbons (Fsp3) is 0.833. The third-order valence-electron chi connectivity index (χ3n) is 2.97. The molecule has 0 aromatic carbocycles. The van der Waals surface area contributed by atoms with E-state index in [1.807, 2.05) is 6.92 Å². The van der Waals surface area contributed by atoms with Crippen molar-refractivity contribution >= 4 is 11.8 Å². The predicted molar refractivity (Wildman–Crippen MR) is 64.5 cm³/mol. The smallest absolute Gasteiger partial charge is 0.248 e. The van der Waals surface area contributed by atoms with E-state index in [9.17, 15) is 9.59 Å². The number of nitrogens with one attached hydrogen (secondary N) is 1. The van der Waals surface area contributed by atoms with E-state index in [-0.39, 0.29) is 24.3 Å². The molecule has 5 nitrogen and oxygen atoms in total. The fourth-order valence-electron chi connectivity index (χ4n) is 2.02. The van der Waals surface area contributed by atoms with E-state index in [1.165, 1.54) is 0 Å². The minimum Gasteiger partial charge on any atom is -0.372 e. The topological polar surface area (TPSA) is 58.6 Å². The lowest BCUT2D eigenvalue weighted by molar-refractivity contribution is -0.139. The zero-order chi connectivity index (χ0) is 12.7. The van der Waals surface area contributed by atoms with Crippen molar-refractivity contribution in [3.05, 3.63) is 0 Å². The molecule has 1 aliphatic heterocycles. The number of piperidine rings is 1. The highest BCUT2D eigenvalue weighted by Gasteiger charge is 2.27. The van der Waals surface area contributed by atoms with Gasteiger partial charge in [0.25, 0.3) is 0 Å². The number of carbonyl (C=O) groups excluding carboxylic acids is 2. The number of likely N-dealkylation sites (tertiary alicyclic amines) is 1. The molecule has 0 aliphatic carbocycles. The Balaban J connectivity index is 2.37. The molecule has 5 heteroatoms. The highest BCUT2D eigenvalue weighted by Crippen LogP contribution is 2.16. The molecule has 0 aromatic heterocycles. The second-order valence-corrected chi connectivity index (χ2v) is 4.35. The van der Waals surface area contributed by atoms with Crippen LogP contribution in [0.4, 0.5) is 0 Å². The summed E-state index contributed by atoms with van der Waals surface area (Å²) < 4.78 is 5.23. The van der Waals surface area contributed by atoms with Crippen LogP contribution in [0.3, 0.4) is 0 Å². The summed E-state index contributed by atoms with van der Waals surface area (Å²) in [6, 6.07) is 0. The van der Waals surface area contributed by atoms with Crippen molar-refractivity contribution in [1.29, 1.82) is 0 Å². The number of carbonyl (C=O) groups is 2. The van der Waals surface area contributed by atoms with Crippen molar-refractivity contribution < 1.29 is 14.3 Å². The maximum atomic E-state index is 11.8. The van der Waals surface area contributed by atoms with Crippen LogP contribution in [-0.4, -0.2) is 50.1 Å². The maximum absolute atomic E-state index is 11.8. The molecular weight excluding hydrogens is 220 g/mol. The van der Waals surface area contributed by atoms with E-state index in [2.05, 4.69) is 5.32 Å². The van der Waals surface area contributed by atoms with Crippen LogP contribution in [0.1, 0.15) is 26.2 Å². The highest BCUT2D eigenvalue weighted by atomic mass is 16.5. The molecule has 0 spiro atoms. The van der Waals surface area contributed by atoms with Crippen LogP contribution >= 0.6 is 0 Å². The van der Waals surface area contributed by atoms with Crippen molar-refractivity contribution in [3.63, 3.8) is 0 Å². The van der Waals surface area contributed by atoms with Gasteiger partial charge < -0.3 is 15.0 Å². The zero-order valence-corrected chi connectivity index (χ0v) is 10.7. The third kappa shape index (κ3) is 4.34. The number of hydrogen-bond donors (Lipinski definition) is 1. The first-order valence-corrected chi connectivity index (χ1v) is 6.26. The molecule has 0 aromatic rings. The summed E-state index contributed by atoms with van der Waals surface area (Å²) in [6.45, 7) is 4.01. The Morgan fingerprint density at radius 2 is 2.24 bits per heavy atom. The van der Waals surface area contributed by atoms with Crippen molar-refractivity contribution in [2.24, 2.45) is 5.92 Å². The molecule has 2 amide bonds. The average molecular weight is 242 g/mol. The minimum atomic E-state index is -0.0659. The molecule has 0 saturated carbocycles. The molecule has 1 fully saturated rings. The molecule has 1 saturated heterocycles. The van der Waals surface area contributed by atoms with Gasteiger partial charge in [-0.3, -0.25) is 9.59 Å². The van der Waals surface area contributed by atoms with Crippen LogP contribution in [-0.2, 0) is 14.3 Å². The van der Waals surface area contributed by atoms with Crippen LogP contribution in [0.15, 0.2) is 0 Å². The molecule has 0 radical (unpaired) electrons. The molecule has 1 heterocycles. The average Bonchev–Trinajstić information content (AvgIpc) is 2.38. The fourth-order valence-corrected chi connectivity index (χ4v) is 2.02. The first-order valence-electron chi connectivity index (χ1n) is 6.26. The normalized spacial score (nSPS) is 20.1. The minimum absolute atomic E-state index is 0.00736. The van der Waals surface area contributed by atoms with Gasteiger partial charge in [0.05, 0.1) is 5.92 Å². The summed E-state index contributed by atoms with van der Waals surface area (Å²) in [6.07, 6.45) is 2.66. The van der Waals surface area contributed by atoms with E-state index in [0.717, 1.165) is 25.8 Å². The summed E-state index contributed by atoms with van der Waals surface area (Å²) in [7, 11) is 1.63. The Bertz CT molecular complexity index is 268. The Kier molecular flexibility index (Phi) is 5.97. The van der Waals surface area contributed by atoms with Gasteiger partial charge in [0.1, 0.15) is 6.61 Å². The molecule has 0 bridgehead atoms. The number of nitrogens with zero attached hydrogens (tertiary/aromatic N) is 1. The van der Waals surface area contributed by atoms with E-state index < -0.39 is 0 Å². The van der Waals surface area contributed by atoms with Gasteiger partial charge in [0, 0.05) is 26.7 Å². The number of amides is 2. The lowest BCUT2D eigenvalue weighted by Crippen LogP contribution is -2.46. The van der Waals surface area contributed by atoms with Gasteiger partial charge in [-0.05, 0) is 19.3 Å². The van der Waals surface area contributed by atoms with Gasteiger partial charge in [0.15, 0.2) is 0 Å². The molecule has 98 valence electrons. The monoisotopic (exact) mass is 242 g/mol. The van der Waals surface area contributed by atoms with Crippen molar-refractivity contribution in [2.75, 3.05) is 33.4 Å². The van der Waals surface area contributed by atoms with Crippen LogP contribution in [0.5, 0.6) is 0 Å². The van der Waals surface area contributed by atoms with E-state index in [4.69, 9.17) is 4.74 Å². The van der Waals surface area contributed by atoms with Gasteiger partial charge in [-0.15, -0.1) is 0 Å². The number of rotatable bonds is 5. The molecule has 1 rings (SSSR count). The SMILES string of the molecule is CCCOCC(=O)N1CCCC(C(=O)NC)C1. The summed E-state index contributed by atoms with van der Waals surface area (Å²) in [5.41, 5.74) is 0. The zero-order valence-electron chi connectivity index (χ0n) is 10.7. The summed E-state index contributed by atoms with van der Waals surface area (Å²) in [5, 5.41) is 2.64. The quantitative estimate of drug-likeness (QED) is 0.710. The summed E-state index contributed by atoms with van der Waals surface area (Å²) >= 11 is 0. The van der Waals surface area contributed by atoms with Gasteiger partial charge >= 0.3 is 0 Å². The Labute approximate surface area is 102 Å². The van der Waals surface area contributed by atoms with E-state index >= 15 is 0 Å². The van der Waals surface area contributed by atoms with Crippen LogP contribution in [0, 0.1) is 5.92 Å². The van der Waals surface area contributed by atoms with Gasteiger partial charge in [-0.2, -0.15) is 0 Å². The summed E-state index contributed by atoms with van der Waals surface area (Å²) in [4.78, 5) is 25.0. The molecule has 1 unspecified atom stereocenters. The second kappa shape index (κ2) is 7.27. The largest absolute Gasteiger partial charge is 0.372 e. The van der Waals surface area contributed by atoms with Crippen LogP contribution < -0.4 is 5.32 Å². The lowest BCUT2D eigenvalue weighted by atomic mass is 9.97. The van der Waals surface area contributed by atoms with Crippen molar-refractivity contribution in [2.45, 2.75) is 26.2 Å². The highest BCUT2D eigenvalue weighted by molar-refractivity contribution is 5.81. The Hall–Kier alpha value is -1.10.